The first-order valence-corrected chi connectivity index (χ1v) is 6.95. The molecular formula is C17H15ClN2. The molecule has 3 aromatic rings. The molecule has 0 unspecified atom stereocenters. The predicted molar refractivity (Wildman–Crippen MR) is 84.2 cm³/mol. The Kier molecular flexibility index (Phi) is 3.19. The average Bonchev–Trinajstić information content (AvgIpc) is 2.44. The molecular weight excluding hydrogens is 268 g/mol. The fraction of sp³-hybridized carbons (Fsp3) is 0.176. The normalized spacial score (nSPS) is 11.0. The van der Waals surface area contributed by atoms with E-state index in [-0.39, 0.29) is 0 Å². The molecule has 0 saturated carbocycles. The maximum atomic E-state index is 6.25. The summed E-state index contributed by atoms with van der Waals surface area (Å²) in [5.41, 5.74) is 5.48. The molecule has 2 nitrogen and oxygen atoms in total. The van der Waals surface area contributed by atoms with E-state index in [1.807, 2.05) is 6.92 Å². The van der Waals surface area contributed by atoms with Crippen molar-refractivity contribution in [3.8, 4) is 11.3 Å². The maximum Gasteiger partial charge on any atom is 0.159 e. The predicted octanol–water partition coefficient (Wildman–Crippen LogP) is 4.88. The minimum Gasteiger partial charge on any atom is -0.148 e. The topological polar surface area (TPSA) is 25.8 Å². The van der Waals surface area contributed by atoms with E-state index in [0.29, 0.717) is 5.15 Å². The summed E-state index contributed by atoms with van der Waals surface area (Å²) in [5, 5.41) is 11.0. The van der Waals surface area contributed by atoms with Gasteiger partial charge < -0.3 is 0 Å². The molecule has 0 saturated heterocycles. The van der Waals surface area contributed by atoms with E-state index >= 15 is 0 Å². The molecule has 100 valence electrons. The number of benzene rings is 2. The zero-order valence-corrected chi connectivity index (χ0v) is 12.5. The molecule has 0 fully saturated rings. The van der Waals surface area contributed by atoms with Gasteiger partial charge in [0, 0.05) is 16.3 Å². The SMILES string of the molecule is Cc1ccc(-c2nnc(Cl)c3c(C)ccc(C)c23)cc1. The summed E-state index contributed by atoms with van der Waals surface area (Å²) >= 11 is 6.25. The third-order valence-electron chi connectivity index (χ3n) is 3.63. The first-order valence-electron chi connectivity index (χ1n) is 6.57. The molecule has 0 bridgehead atoms. The average molecular weight is 283 g/mol. The van der Waals surface area contributed by atoms with Crippen molar-refractivity contribution < 1.29 is 0 Å². The molecule has 0 N–H and O–H groups in total. The molecule has 0 spiro atoms. The number of halogens is 1. The first-order chi connectivity index (χ1) is 9.58. The van der Waals surface area contributed by atoms with Crippen LogP contribution in [0.4, 0.5) is 0 Å². The first kappa shape index (κ1) is 13.1. The highest BCUT2D eigenvalue weighted by atomic mass is 35.5. The van der Waals surface area contributed by atoms with Gasteiger partial charge in [-0.15, -0.1) is 10.2 Å². The summed E-state index contributed by atoms with van der Waals surface area (Å²) in [6, 6.07) is 12.5. The molecule has 20 heavy (non-hydrogen) atoms. The van der Waals surface area contributed by atoms with E-state index in [0.717, 1.165) is 33.2 Å². The lowest BCUT2D eigenvalue weighted by Crippen LogP contribution is -1.95. The Morgan fingerprint density at radius 2 is 1.35 bits per heavy atom. The second-order valence-corrected chi connectivity index (χ2v) is 5.51. The number of aryl methyl sites for hydroxylation is 3. The molecule has 0 aliphatic heterocycles. The van der Waals surface area contributed by atoms with Crippen molar-refractivity contribution in [1.82, 2.24) is 10.2 Å². The molecule has 1 heterocycles. The van der Waals surface area contributed by atoms with Gasteiger partial charge in [-0.05, 0) is 31.9 Å². The van der Waals surface area contributed by atoms with Gasteiger partial charge in [-0.3, -0.25) is 0 Å². The Hall–Kier alpha value is -1.93. The summed E-state index contributed by atoms with van der Waals surface area (Å²) in [6.07, 6.45) is 0. The molecule has 0 aliphatic carbocycles. The molecule has 0 aliphatic rings. The maximum absolute atomic E-state index is 6.25. The zero-order chi connectivity index (χ0) is 14.3. The number of fused-ring (bicyclic) bond motifs is 1. The Balaban J connectivity index is 2.40. The van der Waals surface area contributed by atoms with Crippen LogP contribution in [-0.4, -0.2) is 10.2 Å². The van der Waals surface area contributed by atoms with Crippen LogP contribution in [0.5, 0.6) is 0 Å². The lowest BCUT2D eigenvalue weighted by Gasteiger charge is -2.11. The summed E-state index contributed by atoms with van der Waals surface area (Å²) in [6.45, 7) is 6.20. The molecule has 0 amide bonds. The highest BCUT2D eigenvalue weighted by molar-refractivity contribution is 6.35. The van der Waals surface area contributed by atoms with Crippen LogP contribution < -0.4 is 0 Å². The standard InChI is InChI=1S/C17H15ClN2/c1-10-4-8-13(9-5-10)16-14-11(2)6-7-12(3)15(14)17(18)20-19-16/h4-9H,1-3H3. The van der Waals surface area contributed by atoms with Crippen LogP contribution in [0.25, 0.3) is 22.0 Å². The van der Waals surface area contributed by atoms with Crippen molar-refractivity contribution in [3.05, 3.63) is 58.2 Å². The number of hydrogen-bond donors (Lipinski definition) is 0. The fourth-order valence-corrected chi connectivity index (χ4v) is 2.77. The molecule has 0 atom stereocenters. The van der Waals surface area contributed by atoms with Crippen LogP contribution in [0.3, 0.4) is 0 Å². The van der Waals surface area contributed by atoms with E-state index in [4.69, 9.17) is 11.6 Å². The molecule has 3 heteroatoms. The summed E-state index contributed by atoms with van der Waals surface area (Å²) in [4.78, 5) is 0. The van der Waals surface area contributed by atoms with Crippen LogP contribution in [0.15, 0.2) is 36.4 Å². The van der Waals surface area contributed by atoms with Gasteiger partial charge in [0.2, 0.25) is 0 Å². The lowest BCUT2D eigenvalue weighted by molar-refractivity contribution is 1.05. The van der Waals surface area contributed by atoms with Crippen LogP contribution in [0, 0.1) is 20.8 Å². The van der Waals surface area contributed by atoms with E-state index in [1.54, 1.807) is 0 Å². The summed E-state index contributed by atoms with van der Waals surface area (Å²) in [5.74, 6) is 0. The smallest absolute Gasteiger partial charge is 0.148 e. The molecule has 0 radical (unpaired) electrons. The van der Waals surface area contributed by atoms with Gasteiger partial charge in [-0.2, -0.15) is 0 Å². The van der Waals surface area contributed by atoms with E-state index in [1.165, 1.54) is 5.56 Å². The van der Waals surface area contributed by atoms with Gasteiger partial charge in [-0.25, -0.2) is 0 Å². The fourth-order valence-electron chi connectivity index (χ4n) is 2.49. The van der Waals surface area contributed by atoms with Crippen LogP contribution >= 0.6 is 11.6 Å². The van der Waals surface area contributed by atoms with Crippen molar-refractivity contribution in [3.63, 3.8) is 0 Å². The van der Waals surface area contributed by atoms with Crippen LogP contribution in [0.2, 0.25) is 5.15 Å². The minimum absolute atomic E-state index is 0.470. The summed E-state index contributed by atoms with van der Waals surface area (Å²) in [7, 11) is 0. The Morgan fingerprint density at radius 3 is 2.00 bits per heavy atom. The Bertz CT molecular complexity index is 784. The Labute approximate surface area is 123 Å². The van der Waals surface area contributed by atoms with Crippen LogP contribution in [0.1, 0.15) is 16.7 Å². The van der Waals surface area contributed by atoms with Gasteiger partial charge in [-0.1, -0.05) is 53.6 Å². The number of aromatic nitrogens is 2. The third-order valence-corrected chi connectivity index (χ3v) is 3.89. The van der Waals surface area contributed by atoms with Crippen molar-refractivity contribution in [1.29, 1.82) is 0 Å². The van der Waals surface area contributed by atoms with Crippen molar-refractivity contribution in [2.75, 3.05) is 0 Å². The lowest BCUT2D eigenvalue weighted by atomic mass is 9.98. The number of hydrogen-bond acceptors (Lipinski definition) is 2. The van der Waals surface area contributed by atoms with E-state index < -0.39 is 0 Å². The number of nitrogens with zero attached hydrogens (tertiary/aromatic N) is 2. The van der Waals surface area contributed by atoms with E-state index in [9.17, 15) is 0 Å². The highest BCUT2D eigenvalue weighted by Crippen LogP contribution is 2.33. The van der Waals surface area contributed by atoms with Gasteiger partial charge in [0.25, 0.3) is 0 Å². The quantitative estimate of drug-likeness (QED) is 0.636. The van der Waals surface area contributed by atoms with Gasteiger partial charge in [0.05, 0.1) is 0 Å². The summed E-state index contributed by atoms with van der Waals surface area (Å²) < 4.78 is 0. The highest BCUT2D eigenvalue weighted by Gasteiger charge is 2.13. The van der Waals surface area contributed by atoms with Crippen molar-refractivity contribution in [2.24, 2.45) is 0 Å². The van der Waals surface area contributed by atoms with Crippen molar-refractivity contribution >= 4 is 22.4 Å². The van der Waals surface area contributed by atoms with E-state index in [2.05, 4.69) is 60.4 Å². The largest absolute Gasteiger partial charge is 0.159 e. The molecule has 1 aromatic heterocycles. The molecule has 2 aromatic carbocycles. The monoisotopic (exact) mass is 282 g/mol. The Morgan fingerprint density at radius 1 is 0.750 bits per heavy atom. The second-order valence-electron chi connectivity index (χ2n) is 5.15. The van der Waals surface area contributed by atoms with Crippen LogP contribution in [-0.2, 0) is 0 Å². The van der Waals surface area contributed by atoms with Gasteiger partial charge in [0.1, 0.15) is 5.69 Å². The van der Waals surface area contributed by atoms with Crippen molar-refractivity contribution in [2.45, 2.75) is 20.8 Å². The number of rotatable bonds is 1. The van der Waals surface area contributed by atoms with Gasteiger partial charge in [0.15, 0.2) is 5.15 Å². The minimum atomic E-state index is 0.470. The third kappa shape index (κ3) is 2.06. The van der Waals surface area contributed by atoms with Gasteiger partial charge >= 0.3 is 0 Å². The molecule has 3 rings (SSSR count). The second kappa shape index (κ2) is 4.88. The zero-order valence-electron chi connectivity index (χ0n) is 11.7.